The van der Waals surface area contributed by atoms with Crippen molar-refractivity contribution in [3.05, 3.63) is 29.8 Å². The van der Waals surface area contributed by atoms with E-state index in [4.69, 9.17) is 4.74 Å². The molecule has 0 aromatic heterocycles. The standard InChI is InChI=1S/C16H22F2N2O2/c1-11(22-12-3-4-13(17)14(18)9-12)15(21)20-10-16(2)5-7-19-8-6-16/h3-4,9,11,19H,5-8,10H2,1-2H3,(H,20,21). The molecule has 1 fully saturated rings. The third kappa shape index (κ3) is 4.40. The van der Waals surface area contributed by atoms with Crippen molar-refractivity contribution in [2.45, 2.75) is 32.8 Å². The first kappa shape index (κ1) is 16.7. The van der Waals surface area contributed by atoms with Crippen LogP contribution in [0.5, 0.6) is 5.75 Å². The number of halogens is 2. The highest BCUT2D eigenvalue weighted by Gasteiger charge is 2.28. The van der Waals surface area contributed by atoms with Gasteiger partial charge in [-0.25, -0.2) is 8.78 Å². The zero-order valence-corrected chi connectivity index (χ0v) is 12.9. The highest BCUT2D eigenvalue weighted by atomic mass is 19.2. The first-order valence-electron chi connectivity index (χ1n) is 7.50. The van der Waals surface area contributed by atoms with E-state index in [1.807, 2.05) is 0 Å². The Balaban J connectivity index is 1.85. The average Bonchev–Trinajstić information content (AvgIpc) is 2.49. The van der Waals surface area contributed by atoms with Crippen LogP contribution in [-0.2, 0) is 4.79 Å². The Morgan fingerprint density at radius 1 is 1.36 bits per heavy atom. The van der Waals surface area contributed by atoms with E-state index in [0.29, 0.717) is 6.54 Å². The van der Waals surface area contributed by atoms with E-state index in [2.05, 4.69) is 17.6 Å². The molecule has 1 heterocycles. The first-order valence-corrected chi connectivity index (χ1v) is 7.50. The molecule has 1 saturated heterocycles. The van der Waals surface area contributed by atoms with E-state index in [0.717, 1.165) is 38.1 Å². The van der Waals surface area contributed by atoms with Gasteiger partial charge in [0.1, 0.15) is 5.75 Å². The second-order valence-corrected chi connectivity index (χ2v) is 6.11. The third-order valence-electron chi connectivity index (χ3n) is 4.07. The van der Waals surface area contributed by atoms with Gasteiger partial charge in [-0.05, 0) is 50.4 Å². The smallest absolute Gasteiger partial charge is 0.260 e. The minimum Gasteiger partial charge on any atom is -0.481 e. The molecule has 122 valence electrons. The maximum Gasteiger partial charge on any atom is 0.260 e. The van der Waals surface area contributed by atoms with Crippen LogP contribution >= 0.6 is 0 Å². The van der Waals surface area contributed by atoms with Gasteiger partial charge in [-0.1, -0.05) is 6.92 Å². The summed E-state index contributed by atoms with van der Waals surface area (Å²) in [6, 6.07) is 3.22. The lowest BCUT2D eigenvalue weighted by Gasteiger charge is -2.34. The van der Waals surface area contributed by atoms with Gasteiger partial charge in [0.25, 0.3) is 5.91 Å². The van der Waals surface area contributed by atoms with Gasteiger partial charge in [-0.15, -0.1) is 0 Å². The van der Waals surface area contributed by atoms with E-state index in [-0.39, 0.29) is 17.1 Å². The van der Waals surface area contributed by atoms with Gasteiger partial charge in [-0.3, -0.25) is 4.79 Å². The summed E-state index contributed by atoms with van der Waals surface area (Å²) in [5, 5.41) is 6.17. The quantitative estimate of drug-likeness (QED) is 0.877. The lowest BCUT2D eigenvalue weighted by molar-refractivity contribution is -0.127. The minimum absolute atomic E-state index is 0.0859. The Kier molecular flexibility index (Phi) is 5.34. The summed E-state index contributed by atoms with van der Waals surface area (Å²) in [5.74, 6) is -2.06. The molecule has 1 aliphatic rings. The highest BCUT2D eigenvalue weighted by Crippen LogP contribution is 2.26. The van der Waals surface area contributed by atoms with Gasteiger partial charge in [0.2, 0.25) is 0 Å². The number of carbonyl (C=O) groups is 1. The van der Waals surface area contributed by atoms with Crippen LogP contribution < -0.4 is 15.4 Å². The molecule has 1 aliphatic heterocycles. The molecule has 6 heteroatoms. The predicted molar refractivity (Wildman–Crippen MR) is 79.7 cm³/mol. The second-order valence-electron chi connectivity index (χ2n) is 6.11. The Morgan fingerprint density at radius 2 is 2.05 bits per heavy atom. The number of nitrogens with one attached hydrogen (secondary N) is 2. The van der Waals surface area contributed by atoms with Crippen molar-refractivity contribution in [1.29, 1.82) is 0 Å². The first-order chi connectivity index (χ1) is 10.4. The van der Waals surface area contributed by atoms with E-state index in [1.54, 1.807) is 6.92 Å². The zero-order chi connectivity index (χ0) is 16.2. The van der Waals surface area contributed by atoms with Gasteiger partial charge in [0, 0.05) is 12.6 Å². The predicted octanol–water partition coefficient (Wildman–Crippen LogP) is 2.24. The fourth-order valence-corrected chi connectivity index (χ4v) is 2.46. The van der Waals surface area contributed by atoms with Crippen LogP contribution in [-0.4, -0.2) is 31.6 Å². The molecular weight excluding hydrogens is 290 g/mol. The van der Waals surface area contributed by atoms with Crippen LogP contribution in [0.4, 0.5) is 8.78 Å². The molecule has 0 aliphatic carbocycles. The fraction of sp³-hybridized carbons (Fsp3) is 0.562. The van der Waals surface area contributed by atoms with Crippen molar-refractivity contribution < 1.29 is 18.3 Å². The number of carbonyl (C=O) groups excluding carboxylic acids is 1. The van der Waals surface area contributed by atoms with Crippen molar-refractivity contribution >= 4 is 5.91 Å². The normalized spacial score (nSPS) is 18.5. The minimum atomic E-state index is -0.993. The number of ether oxygens (including phenoxy) is 1. The van der Waals surface area contributed by atoms with Crippen LogP contribution in [0.2, 0.25) is 0 Å². The molecule has 2 rings (SSSR count). The number of hydrogen-bond donors (Lipinski definition) is 2. The van der Waals surface area contributed by atoms with Crippen LogP contribution in [0.3, 0.4) is 0 Å². The van der Waals surface area contributed by atoms with Crippen molar-refractivity contribution in [3.8, 4) is 5.75 Å². The molecule has 1 amide bonds. The van der Waals surface area contributed by atoms with E-state index < -0.39 is 17.7 Å². The molecule has 0 saturated carbocycles. The summed E-state index contributed by atoms with van der Waals surface area (Å²) in [6.07, 6.45) is 1.24. The lowest BCUT2D eigenvalue weighted by Crippen LogP contribution is -2.45. The van der Waals surface area contributed by atoms with E-state index >= 15 is 0 Å². The number of rotatable bonds is 5. The van der Waals surface area contributed by atoms with Crippen LogP contribution in [0.25, 0.3) is 0 Å². The third-order valence-corrected chi connectivity index (χ3v) is 4.07. The number of hydrogen-bond acceptors (Lipinski definition) is 3. The molecule has 0 bridgehead atoms. The summed E-state index contributed by atoms with van der Waals surface area (Å²) in [5.41, 5.74) is 0.0859. The summed E-state index contributed by atoms with van der Waals surface area (Å²) in [6.45, 7) is 6.22. The van der Waals surface area contributed by atoms with Gasteiger partial charge >= 0.3 is 0 Å². The molecular formula is C16H22F2N2O2. The van der Waals surface area contributed by atoms with Crippen molar-refractivity contribution in [3.63, 3.8) is 0 Å². The fourth-order valence-electron chi connectivity index (χ4n) is 2.46. The molecule has 1 aromatic carbocycles. The maximum atomic E-state index is 13.1. The summed E-state index contributed by atoms with van der Waals surface area (Å²) < 4.78 is 31.3. The number of benzene rings is 1. The SMILES string of the molecule is CC(Oc1ccc(F)c(F)c1)C(=O)NCC1(C)CCNCC1. The van der Waals surface area contributed by atoms with Crippen LogP contribution in [0, 0.1) is 17.0 Å². The van der Waals surface area contributed by atoms with Crippen LogP contribution in [0.1, 0.15) is 26.7 Å². The van der Waals surface area contributed by atoms with E-state index in [9.17, 15) is 13.6 Å². The number of amides is 1. The average molecular weight is 312 g/mol. The Labute approximate surface area is 129 Å². The van der Waals surface area contributed by atoms with Crippen molar-refractivity contribution in [2.75, 3.05) is 19.6 Å². The zero-order valence-electron chi connectivity index (χ0n) is 12.9. The van der Waals surface area contributed by atoms with Crippen molar-refractivity contribution in [2.24, 2.45) is 5.41 Å². The van der Waals surface area contributed by atoms with Crippen LogP contribution in [0.15, 0.2) is 18.2 Å². The van der Waals surface area contributed by atoms with Crippen molar-refractivity contribution in [1.82, 2.24) is 10.6 Å². The highest BCUT2D eigenvalue weighted by molar-refractivity contribution is 5.80. The Hall–Kier alpha value is -1.69. The van der Waals surface area contributed by atoms with Gasteiger partial charge in [0.15, 0.2) is 17.7 Å². The number of piperidine rings is 1. The maximum absolute atomic E-state index is 13.1. The summed E-state index contributed by atoms with van der Waals surface area (Å²) in [7, 11) is 0. The lowest BCUT2D eigenvalue weighted by atomic mass is 9.81. The Bertz CT molecular complexity index is 531. The van der Waals surface area contributed by atoms with E-state index in [1.165, 1.54) is 6.07 Å². The summed E-state index contributed by atoms with van der Waals surface area (Å²) in [4.78, 5) is 12.1. The molecule has 2 N–H and O–H groups in total. The molecule has 1 aromatic rings. The molecule has 22 heavy (non-hydrogen) atoms. The second kappa shape index (κ2) is 7.05. The Morgan fingerprint density at radius 3 is 2.68 bits per heavy atom. The van der Waals surface area contributed by atoms with Gasteiger partial charge < -0.3 is 15.4 Å². The monoisotopic (exact) mass is 312 g/mol. The molecule has 0 radical (unpaired) electrons. The molecule has 1 unspecified atom stereocenters. The molecule has 1 atom stereocenters. The topological polar surface area (TPSA) is 50.4 Å². The van der Waals surface area contributed by atoms with Gasteiger partial charge in [-0.2, -0.15) is 0 Å². The molecule has 0 spiro atoms. The largest absolute Gasteiger partial charge is 0.481 e. The van der Waals surface area contributed by atoms with Gasteiger partial charge in [0.05, 0.1) is 0 Å². The molecule has 4 nitrogen and oxygen atoms in total. The summed E-state index contributed by atoms with van der Waals surface area (Å²) >= 11 is 0.